The van der Waals surface area contributed by atoms with Crippen LogP contribution >= 0.6 is 0 Å². The first-order chi connectivity index (χ1) is 11.5. The van der Waals surface area contributed by atoms with Crippen LogP contribution in [0.4, 0.5) is 5.69 Å². The summed E-state index contributed by atoms with van der Waals surface area (Å²) in [6.07, 6.45) is 1.71. The smallest absolute Gasteiger partial charge is 0.320 e. The maximum absolute atomic E-state index is 12.7. The third kappa shape index (κ3) is 4.78. The lowest BCUT2D eigenvalue weighted by molar-refractivity contribution is -0.384. The van der Waals surface area contributed by atoms with E-state index in [4.69, 9.17) is 4.43 Å². The summed E-state index contributed by atoms with van der Waals surface area (Å²) in [6, 6.07) is 6.12. The molecule has 0 saturated carbocycles. The van der Waals surface area contributed by atoms with E-state index in [9.17, 15) is 14.9 Å². The van der Waals surface area contributed by atoms with E-state index in [0.717, 1.165) is 5.56 Å². The molecule has 0 heterocycles. The van der Waals surface area contributed by atoms with Crippen LogP contribution in [0.5, 0.6) is 0 Å². The second kappa shape index (κ2) is 8.42. The van der Waals surface area contributed by atoms with E-state index in [1.54, 1.807) is 25.1 Å². The molecule has 0 aliphatic heterocycles. The molecule has 0 spiro atoms. The molecule has 25 heavy (non-hydrogen) atoms. The standard InChI is InChI=1S/C19H29NO4Si/c1-13(2)25(14(3)4,15(5)6)24-19(21)16(7)12-17-8-10-18(11-9-17)20(22)23/h8-15H,1-7H3/b16-12+. The van der Waals surface area contributed by atoms with E-state index in [-0.39, 0.29) is 11.7 Å². The molecule has 1 aromatic rings. The zero-order valence-electron chi connectivity index (χ0n) is 16.2. The number of nitro groups is 1. The Morgan fingerprint density at radius 3 is 1.84 bits per heavy atom. The lowest BCUT2D eigenvalue weighted by atomic mass is 10.1. The third-order valence-electron chi connectivity index (χ3n) is 4.79. The molecule has 5 nitrogen and oxygen atoms in total. The molecule has 0 radical (unpaired) electrons. The van der Waals surface area contributed by atoms with Crippen molar-refractivity contribution in [2.24, 2.45) is 0 Å². The highest BCUT2D eigenvalue weighted by molar-refractivity contribution is 6.79. The van der Waals surface area contributed by atoms with Gasteiger partial charge in [0, 0.05) is 17.7 Å². The Morgan fingerprint density at radius 2 is 1.48 bits per heavy atom. The van der Waals surface area contributed by atoms with Gasteiger partial charge in [-0.3, -0.25) is 10.1 Å². The van der Waals surface area contributed by atoms with E-state index >= 15 is 0 Å². The van der Waals surface area contributed by atoms with Crippen LogP contribution in [0, 0.1) is 10.1 Å². The number of hydrogen-bond acceptors (Lipinski definition) is 4. The topological polar surface area (TPSA) is 69.4 Å². The van der Waals surface area contributed by atoms with Crippen molar-refractivity contribution in [3.05, 3.63) is 45.5 Å². The Hall–Kier alpha value is -1.95. The van der Waals surface area contributed by atoms with Gasteiger partial charge in [-0.15, -0.1) is 0 Å². The minimum Gasteiger partial charge on any atom is -0.515 e. The Kier molecular flexibility index (Phi) is 7.11. The maximum Gasteiger partial charge on any atom is 0.320 e. The van der Waals surface area contributed by atoms with Crippen molar-refractivity contribution >= 4 is 26.1 Å². The van der Waals surface area contributed by atoms with Gasteiger partial charge in [-0.1, -0.05) is 41.5 Å². The van der Waals surface area contributed by atoms with Gasteiger partial charge in [0.15, 0.2) is 0 Å². The fraction of sp³-hybridized carbons (Fsp3) is 0.526. The van der Waals surface area contributed by atoms with E-state index < -0.39 is 13.2 Å². The highest BCUT2D eigenvalue weighted by Gasteiger charge is 2.48. The number of rotatable bonds is 7. The summed E-state index contributed by atoms with van der Waals surface area (Å²) in [4.78, 5) is 23.0. The molecular weight excluding hydrogens is 334 g/mol. The van der Waals surface area contributed by atoms with E-state index in [1.807, 2.05) is 0 Å². The van der Waals surface area contributed by atoms with Gasteiger partial charge in [0.25, 0.3) is 14.0 Å². The number of hydrogen-bond donors (Lipinski definition) is 0. The van der Waals surface area contributed by atoms with Gasteiger partial charge in [0.2, 0.25) is 0 Å². The van der Waals surface area contributed by atoms with Gasteiger partial charge in [0.05, 0.1) is 4.92 Å². The zero-order chi connectivity index (χ0) is 19.4. The first-order valence-electron chi connectivity index (χ1n) is 8.68. The predicted octanol–water partition coefficient (Wildman–Crippen LogP) is 5.72. The number of non-ortho nitro benzene ring substituents is 1. The van der Waals surface area contributed by atoms with Crippen LogP contribution in [0.2, 0.25) is 16.6 Å². The summed E-state index contributed by atoms with van der Waals surface area (Å²) in [5.41, 5.74) is 2.25. The maximum atomic E-state index is 12.7. The van der Waals surface area contributed by atoms with E-state index in [1.165, 1.54) is 12.1 Å². The van der Waals surface area contributed by atoms with E-state index in [0.29, 0.717) is 22.2 Å². The predicted molar refractivity (Wildman–Crippen MR) is 104 cm³/mol. The highest BCUT2D eigenvalue weighted by Crippen LogP contribution is 2.42. The molecule has 1 aromatic carbocycles. The second-order valence-corrected chi connectivity index (χ2v) is 12.8. The summed E-state index contributed by atoms with van der Waals surface area (Å²) >= 11 is 0. The first kappa shape index (κ1) is 21.1. The van der Waals surface area contributed by atoms with Crippen molar-refractivity contribution in [2.75, 3.05) is 0 Å². The Labute approximate surface area is 151 Å². The van der Waals surface area contributed by atoms with Crippen molar-refractivity contribution in [3.8, 4) is 0 Å². The fourth-order valence-corrected chi connectivity index (χ4v) is 8.79. The molecular formula is C19H29NO4Si. The average Bonchev–Trinajstić information content (AvgIpc) is 2.51. The van der Waals surface area contributed by atoms with Crippen LogP contribution < -0.4 is 0 Å². The van der Waals surface area contributed by atoms with Gasteiger partial charge < -0.3 is 4.43 Å². The minimum absolute atomic E-state index is 0.0308. The molecule has 0 bridgehead atoms. The van der Waals surface area contributed by atoms with Crippen molar-refractivity contribution in [1.29, 1.82) is 0 Å². The molecule has 0 amide bonds. The molecule has 0 N–H and O–H groups in total. The van der Waals surface area contributed by atoms with Crippen molar-refractivity contribution < 1.29 is 14.1 Å². The Bertz CT molecular complexity index is 626. The summed E-state index contributed by atoms with van der Waals surface area (Å²) in [5, 5.41) is 10.7. The lowest BCUT2D eigenvalue weighted by Gasteiger charge is -2.41. The van der Waals surface area contributed by atoms with Gasteiger partial charge in [0.1, 0.15) is 0 Å². The van der Waals surface area contributed by atoms with E-state index in [2.05, 4.69) is 41.5 Å². The van der Waals surface area contributed by atoms with Gasteiger partial charge in [-0.05, 0) is 47.3 Å². The van der Waals surface area contributed by atoms with Crippen LogP contribution in [0.25, 0.3) is 6.08 Å². The molecule has 0 atom stereocenters. The number of carbonyl (C=O) groups excluding carboxylic acids is 1. The number of nitro benzene ring substituents is 1. The van der Waals surface area contributed by atoms with Crippen molar-refractivity contribution in [1.82, 2.24) is 0 Å². The third-order valence-corrected chi connectivity index (χ3v) is 10.7. The fourth-order valence-electron chi connectivity index (χ4n) is 3.60. The SMILES string of the molecule is C/C(=C\c1ccc([N+](=O)[O-])cc1)C(=O)O[Si](C(C)C)(C(C)C)C(C)C. The molecule has 138 valence electrons. The molecule has 0 aromatic heterocycles. The summed E-state index contributed by atoms with van der Waals surface area (Å²) in [5.74, 6) is -0.291. The largest absolute Gasteiger partial charge is 0.515 e. The van der Waals surface area contributed by atoms with Crippen LogP contribution in [-0.4, -0.2) is 19.2 Å². The van der Waals surface area contributed by atoms with Crippen LogP contribution in [0.15, 0.2) is 29.8 Å². The highest BCUT2D eigenvalue weighted by atomic mass is 28.4. The molecule has 6 heteroatoms. The normalized spacial score (nSPS) is 12.8. The minimum atomic E-state index is -2.27. The molecule has 1 rings (SSSR count). The number of carbonyl (C=O) groups is 1. The summed E-state index contributed by atoms with van der Waals surface area (Å²) in [7, 11) is -2.27. The Morgan fingerprint density at radius 1 is 1.04 bits per heavy atom. The summed E-state index contributed by atoms with van der Waals surface area (Å²) in [6.45, 7) is 14.5. The number of benzene rings is 1. The molecule has 0 unspecified atom stereocenters. The van der Waals surface area contributed by atoms with Crippen LogP contribution in [0.3, 0.4) is 0 Å². The average molecular weight is 364 g/mol. The molecule has 0 aliphatic rings. The Balaban J connectivity index is 3.06. The first-order valence-corrected chi connectivity index (χ1v) is 10.8. The molecule has 0 aliphatic carbocycles. The summed E-state index contributed by atoms with van der Waals surface area (Å²) < 4.78 is 6.14. The van der Waals surface area contributed by atoms with Crippen molar-refractivity contribution in [2.45, 2.75) is 65.1 Å². The van der Waals surface area contributed by atoms with Crippen LogP contribution in [-0.2, 0) is 9.22 Å². The van der Waals surface area contributed by atoms with Gasteiger partial charge in [-0.2, -0.15) is 0 Å². The zero-order valence-corrected chi connectivity index (χ0v) is 17.2. The van der Waals surface area contributed by atoms with Gasteiger partial charge >= 0.3 is 5.97 Å². The quantitative estimate of drug-likeness (QED) is 0.269. The van der Waals surface area contributed by atoms with Crippen LogP contribution in [0.1, 0.15) is 54.0 Å². The monoisotopic (exact) mass is 363 g/mol. The second-order valence-electron chi connectivity index (χ2n) is 7.38. The lowest BCUT2D eigenvalue weighted by Crippen LogP contribution is -2.49. The van der Waals surface area contributed by atoms with Gasteiger partial charge in [-0.25, -0.2) is 4.79 Å². The number of nitrogens with zero attached hydrogens (tertiary/aromatic N) is 1. The molecule has 0 fully saturated rings. The van der Waals surface area contributed by atoms with Crippen molar-refractivity contribution in [3.63, 3.8) is 0 Å². The molecule has 0 saturated heterocycles.